The molecule has 0 radical (unpaired) electrons. The summed E-state index contributed by atoms with van der Waals surface area (Å²) in [4.78, 5) is 0. The highest BCUT2D eigenvalue weighted by molar-refractivity contribution is 5.42. The van der Waals surface area contributed by atoms with Gasteiger partial charge in [-0.05, 0) is 42.9 Å². The van der Waals surface area contributed by atoms with Gasteiger partial charge in [0.15, 0.2) is 0 Å². The number of hydrogen-bond acceptors (Lipinski definition) is 1. The number of nitrogens with one attached hydrogen (secondary N) is 1. The normalized spacial score (nSPS) is 31.9. The maximum atomic E-state index is 3.70. The van der Waals surface area contributed by atoms with Crippen LogP contribution in [0, 0.1) is 0 Å². The first-order chi connectivity index (χ1) is 7.40. The van der Waals surface area contributed by atoms with Gasteiger partial charge >= 0.3 is 0 Å². The smallest absolute Gasteiger partial charge is 0.0142 e. The summed E-state index contributed by atoms with van der Waals surface area (Å²) in [7, 11) is 0. The van der Waals surface area contributed by atoms with Crippen LogP contribution in [0.3, 0.4) is 0 Å². The van der Waals surface area contributed by atoms with Gasteiger partial charge in [0.1, 0.15) is 0 Å². The fourth-order valence-electron chi connectivity index (χ4n) is 3.41. The number of hydrogen-bond donors (Lipinski definition) is 1. The topological polar surface area (TPSA) is 12.0 Å². The van der Waals surface area contributed by atoms with Crippen LogP contribution in [0.25, 0.3) is 0 Å². The zero-order valence-corrected chi connectivity index (χ0v) is 9.37. The molecule has 1 nitrogen and oxygen atoms in total. The number of rotatable bonds is 3. The molecule has 15 heavy (non-hydrogen) atoms. The van der Waals surface area contributed by atoms with Crippen molar-refractivity contribution in [3.63, 3.8) is 0 Å². The summed E-state index contributed by atoms with van der Waals surface area (Å²) in [6.07, 6.45) is 4.00. The molecular formula is C14H19N. The highest BCUT2D eigenvalue weighted by Gasteiger charge is 2.42. The lowest BCUT2D eigenvalue weighted by atomic mass is 9.88. The molecule has 0 saturated heterocycles. The predicted molar refractivity (Wildman–Crippen MR) is 63.2 cm³/mol. The van der Waals surface area contributed by atoms with Crippen LogP contribution in [0.1, 0.15) is 49.1 Å². The van der Waals surface area contributed by atoms with Crippen LogP contribution in [-0.4, -0.2) is 12.6 Å². The van der Waals surface area contributed by atoms with Gasteiger partial charge in [-0.2, -0.15) is 0 Å². The molecule has 1 N–H and O–H groups in total. The van der Waals surface area contributed by atoms with E-state index in [1.807, 2.05) is 0 Å². The Hall–Kier alpha value is -0.820. The molecule has 0 heterocycles. The number of benzene rings is 1. The molecule has 2 aliphatic carbocycles. The molecule has 1 saturated carbocycles. The first kappa shape index (κ1) is 9.41. The molecule has 3 atom stereocenters. The van der Waals surface area contributed by atoms with Gasteiger partial charge in [-0.25, -0.2) is 0 Å². The lowest BCUT2D eigenvalue weighted by molar-refractivity contribution is 0.466. The van der Waals surface area contributed by atoms with Crippen LogP contribution in [0.2, 0.25) is 0 Å². The second-order valence-corrected chi connectivity index (χ2v) is 4.96. The Morgan fingerprint density at radius 3 is 2.80 bits per heavy atom. The van der Waals surface area contributed by atoms with Crippen LogP contribution in [0.5, 0.6) is 0 Å². The predicted octanol–water partition coefficient (Wildman–Crippen LogP) is 3.03. The maximum Gasteiger partial charge on any atom is 0.0142 e. The van der Waals surface area contributed by atoms with E-state index in [9.17, 15) is 0 Å². The first-order valence-corrected chi connectivity index (χ1v) is 6.22. The fraction of sp³-hybridized carbons (Fsp3) is 0.571. The van der Waals surface area contributed by atoms with Crippen molar-refractivity contribution in [2.24, 2.45) is 0 Å². The largest absolute Gasteiger partial charge is 0.313 e. The van der Waals surface area contributed by atoms with E-state index in [1.165, 1.54) is 25.8 Å². The summed E-state index contributed by atoms with van der Waals surface area (Å²) in [5.41, 5.74) is 3.26. The zero-order chi connectivity index (χ0) is 10.3. The van der Waals surface area contributed by atoms with E-state index < -0.39 is 0 Å². The summed E-state index contributed by atoms with van der Waals surface area (Å²) < 4.78 is 0. The van der Waals surface area contributed by atoms with Crippen molar-refractivity contribution in [2.45, 2.75) is 44.1 Å². The Labute approximate surface area is 91.9 Å². The Morgan fingerprint density at radius 1 is 1.20 bits per heavy atom. The van der Waals surface area contributed by atoms with Gasteiger partial charge in [-0.15, -0.1) is 0 Å². The quantitative estimate of drug-likeness (QED) is 0.792. The van der Waals surface area contributed by atoms with E-state index in [4.69, 9.17) is 0 Å². The minimum Gasteiger partial charge on any atom is -0.313 e. The Bertz CT molecular complexity index is 358. The molecule has 0 spiro atoms. The van der Waals surface area contributed by atoms with Gasteiger partial charge in [-0.3, -0.25) is 0 Å². The summed E-state index contributed by atoms with van der Waals surface area (Å²) in [6, 6.07) is 9.80. The summed E-state index contributed by atoms with van der Waals surface area (Å²) in [5.74, 6) is 1.65. The van der Waals surface area contributed by atoms with Crippen molar-refractivity contribution in [3.05, 3.63) is 35.4 Å². The van der Waals surface area contributed by atoms with Gasteiger partial charge in [0.25, 0.3) is 0 Å². The monoisotopic (exact) mass is 201 g/mol. The van der Waals surface area contributed by atoms with Gasteiger partial charge in [0, 0.05) is 12.0 Å². The number of fused-ring (bicyclic) bond motifs is 5. The van der Waals surface area contributed by atoms with Crippen molar-refractivity contribution in [2.75, 3.05) is 6.54 Å². The van der Waals surface area contributed by atoms with Crippen molar-refractivity contribution in [1.29, 1.82) is 0 Å². The molecule has 0 unspecified atom stereocenters. The van der Waals surface area contributed by atoms with Crippen molar-refractivity contribution >= 4 is 0 Å². The van der Waals surface area contributed by atoms with Crippen LogP contribution in [0.4, 0.5) is 0 Å². The SMILES string of the molecule is CCCN[C@H]1C[C@@H]2C[C@H]1c1ccccc12. The molecular weight excluding hydrogens is 182 g/mol. The molecule has 0 aromatic heterocycles. The third-order valence-electron chi connectivity index (χ3n) is 4.05. The molecule has 2 aliphatic rings. The standard InChI is InChI=1S/C14H19N/c1-2-7-15-14-9-10-8-13(14)12-6-4-3-5-11(10)12/h3-6,10,13-15H,2,7-9H2,1H3/t10-,13-,14-/m0/s1. The third kappa shape index (κ3) is 1.41. The average Bonchev–Trinajstić information content (AvgIpc) is 2.85. The molecule has 0 amide bonds. The lowest BCUT2D eigenvalue weighted by Crippen LogP contribution is -2.33. The van der Waals surface area contributed by atoms with Crippen LogP contribution < -0.4 is 5.32 Å². The minimum absolute atomic E-state index is 0.754. The molecule has 1 aromatic rings. The van der Waals surface area contributed by atoms with Gasteiger partial charge in [0.2, 0.25) is 0 Å². The summed E-state index contributed by atoms with van der Waals surface area (Å²) >= 11 is 0. The van der Waals surface area contributed by atoms with Crippen LogP contribution in [0.15, 0.2) is 24.3 Å². The molecule has 2 bridgehead atoms. The first-order valence-electron chi connectivity index (χ1n) is 6.22. The van der Waals surface area contributed by atoms with Crippen molar-refractivity contribution in [1.82, 2.24) is 5.32 Å². The Morgan fingerprint density at radius 2 is 2.00 bits per heavy atom. The van der Waals surface area contributed by atoms with E-state index >= 15 is 0 Å². The van der Waals surface area contributed by atoms with E-state index in [-0.39, 0.29) is 0 Å². The summed E-state index contributed by atoms with van der Waals surface area (Å²) in [6.45, 7) is 3.42. The van der Waals surface area contributed by atoms with Gasteiger partial charge in [-0.1, -0.05) is 31.2 Å². The highest BCUT2D eigenvalue weighted by Crippen LogP contribution is 2.52. The molecule has 3 rings (SSSR count). The zero-order valence-electron chi connectivity index (χ0n) is 9.37. The van der Waals surface area contributed by atoms with Gasteiger partial charge in [0.05, 0.1) is 0 Å². The van der Waals surface area contributed by atoms with Crippen LogP contribution >= 0.6 is 0 Å². The van der Waals surface area contributed by atoms with Crippen molar-refractivity contribution < 1.29 is 0 Å². The summed E-state index contributed by atoms with van der Waals surface area (Å²) in [5, 5.41) is 3.70. The average molecular weight is 201 g/mol. The Kier molecular flexibility index (Phi) is 2.28. The van der Waals surface area contributed by atoms with E-state index in [0.717, 1.165) is 17.9 Å². The maximum absolute atomic E-state index is 3.70. The molecule has 0 aliphatic heterocycles. The van der Waals surface area contributed by atoms with Gasteiger partial charge < -0.3 is 5.32 Å². The van der Waals surface area contributed by atoms with Crippen molar-refractivity contribution in [3.8, 4) is 0 Å². The molecule has 1 fully saturated rings. The second kappa shape index (κ2) is 3.64. The molecule has 1 aromatic carbocycles. The van der Waals surface area contributed by atoms with E-state index in [1.54, 1.807) is 11.1 Å². The highest BCUT2D eigenvalue weighted by atomic mass is 14.9. The Balaban J connectivity index is 1.82. The lowest BCUT2D eigenvalue weighted by Gasteiger charge is -2.25. The molecule has 80 valence electrons. The van der Waals surface area contributed by atoms with Crippen LogP contribution in [-0.2, 0) is 0 Å². The second-order valence-electron chi connectivity index (χ2n) is 4.96. The van der Waals surface area contributed by atoms with E-state index in [0.29, 0.717) is 0 Å². The third-order valence-corrected chi connectivity index (χ3v) is 4.05. The molecule has 1 heteroatoms. The minimum atomic E-state index is 0.754. The fourth-order valence-corrected chi connectivity index (χ4v) is 3.41. The van der Waals surface area contributed by atoms with E-state index in [2.05, 4.69) is 36.5 Å².